The maximum atomic E-state index is 6.10. The molecule has 1 heterocycles. The van der Waals surface area contributed by atoms with Gasteiger partial charge in [-0.15, -0.1) is 11.6 Å². The van der Waals surface area contributed by atoms with Crippen LogP contribution >= 0.6 is 11.6 Å². The van der Waals surface area contributed by atoms with Gasteiger partial charge in [-0.3, -0.25) is 9.48 Å². The second kappa shape index (κ2) is 8.65. The molecule has 3 nitrogen and oxygen atoms in total. The third kappa shape index (κ3) is 5.35. The highest BCUT2D eigenvalue weighted by Crippen LogP contribution is 2.46. The lowest BCUT2D eigenvalue weighted by Crippen LogP contribution is -2.56. The van der Waals surface area contributed by atoms with Crippen LogP contribution in [0, 0.1) is 5.92 Å². The first-order valence-electron chi connectivity index (χ1n) is 10.0. The van der Waals surface area contributed by atoms with Crippen molar-refractivity contribution in [3.05, 3.63) is 12.2 Å². The second-order valence-electron chi connectivity index (χ2n) is 10.5. The first-order chi connectivity index (χ1) is 11.7. The maximum Gasteiger partial charge on any atom is 0.238 e. The van der Waals surface area contributed by atoms with Crippen LogP contribution in [0.3, 0.4) is 0 Å². The van der Waals surface area contributed by atoms with Gasteiger partial charge in [0, 0.05) is 22.9 Å². The predicted octanol–water partition coefficient (Wildman–Crippen LogP) is 6.39. The first kappa shape index (κ1) is 24.2. The Morgan fingerprint density at radius 3 is 2.23 bits per heavy atom. The van der Waals surface area contributed by atoms with Crippen molar-refractivity contribution in [2.75, 3.05) is 19.0 Å². The Labute approximate surface area is 168 Å². The van der Waals surface area contributed by atoms with Crippen molar-refractivity contribution in [1.29, 1.82) is 0 Å². The number of rotatable bonds is 8. The van der Waals surface area contributed by atoms with E-state index in [4.69, 9.17) is 21.1 Å². The Kier molecular flexibility index (Phi) is 8.04. The molecule has 1 fully saturated rings. The third-order valence-corrected chi connectivity index (χ3v) is 11.0. The first-order valence-corrected chi connectivity index (χ1v) is 13.5. The van der Waals surface area contributed by atoms with Crippen LogP contribution in [0.4, 0.5) is 0 Å². The van der Waals surface area contributed by atoms with Crippen LogP contribution in [0.2, 0.25) is 18.1 Å². The van der Waals surface area contributed by atoms with Gasteiger partial charge < -0.3 is 0 Å². The molecule has 2 atom stereocenters. The van der Waals surface area contributed by atoms with Crippen molar-refractivity contribution >= 4 is 19.9 Å². The van der Waals surface area contributed by atoms with E-state index >= 15 is 0 Å². The summed E-state index contributed by atoms with van der Waals surface area (Å²) in [4.78, 5) is 8.57. The van der Waals surface area contributed by atoms with E-state index in [0.717, 1.165) is 31.4 Å². The molecule has 0 spiro atoms. The number of hydrogen-bond donors (Lipinski definition) is 0. The topological polar surface area (TPSA) is 21.7 Å². The molecule has 0 N–H and O–H groups in total. The molecule has 0 radical (unpaired) electrons. The van der Waals surface area contributed by atoms with Crippen LogP contribution in [0.5, 0.6) is 0 Å². The molecule has 0 bridgehead atoms. The minimum absolute atomic E-state index is 0.0427. The van der Waals surface area contributed by atoms with E-state index in [0.29, 0.717) is 18.4 Å². The molecule has 1 rings (SSSR count). The fourth-order valence-corrected chi connectivity index (χ4v) is 4.66. The molecule has 2 unspecified atom stereocenters. The second-order valence-corrected chi connectivity index (χ2v) is 15.4. The van der Waals surface area contributed by atoms with E-state index in [1.165, 1.54) is 0 Å². The van der Waals surface area contributed by atoms with Crippen molar-refractivity contribution < 1.29 is 9.46 Å². The van der Waals surface area contributed by atoms with Gasteiger partial charge in [0.05, 0.1) is 6.61 Å². The van der Waals surface area contributed by atoms with Crippen LogP contribution in [0.15, 0.2) is 12.2 Å². The zero-order chi connectivity index (χ0) is 20.4. The van der Waals surface area contributed by atoms with Crippen LogP contribution < -0.4 is 0 Å². The summed E-state index contributed by atoms with van der Waals surface area (Å²) < 4.78 is 6.02. The normalized spacial score (nSPS) is 25.7. The van der Waals surface area contributed by atoms with Gasteiger partial charge in [-0.1, -0.05) is 39.8 Å². The Hall–Kier alpha value is 0.127. The average Bonchev–Trinajstić information content (AvgIpc) is 2.84. The minimum Gasteiger partial charge on any atom is -0.292 e. The molecule has 154 valence electrons. The van der Waals surface area contributed by atoms with Crippen LogP contribution in [0.1, 0.15) is 67.7 Å². The molecule has 0 amide bonds. The van der Waals surface area contributed by atoms with E-state index in [-0.39, 0.29) is 16.1 Å². The average molecular weight is 404 g/mol. The summed E-state index contributed by atoms with van der Waals surface area (Å²) in [5.74, 6) is 0.949. The molecule has 26 heavy (non-hydrogen) atoms. The number of halogens is 1. The van der Waals surface area contributed by atoms with Gasteiger partial charge in [0.1, 0.15) is 0 Å². The number of nitrogens with zero attached hydrogens (tertiary/aromatic N) is 1. The molecule has 0 aromatic rings. The van der Waals surface area contributed by atoms with E-state index in [9.17, 15) is 0 Å². The largest absolute Gasteiger partial charge is 0.292 e. The lowest BCUT2D eigenvalue weighted by Gasteiger charge is -2.49. The highest BCUT2D eigenvalue weighted by molar-refractivity contribution is 6.73. The summed E-state index contributed by atoms with van der Waals surface area (Å²) in [5, 5.41) is 0.148. The fraction of sp³-hybridized carbons (Fsp3) is 0.905. The summed E-state index contributed by atoms with van der Waals surface area (Å²) in [6, 6.07) is 0. The van der Waals surface area contributed by atoms with Gasteiger partial charge in [0.15, 0.2) is 0 Å². The standard InChI is InChI=1S/C21H42ClNO2Si/c1-11-21(14-17(2)15-22)18(12-13-23(21)19(3,4)5)16-24-25-26(9,10)20(6,7)8/h18H,2,11-16H2,1,3-10H3. The van der Waals surface area contributed by atoms with Crippen molar-refractivity contribution in [2.24, 2.45) is 5.92 Å². The number of alkyl halides is 1. The summed E-state index contributed by atoms with van der Waals surface area (Å²) in [6.45, 7) is 26.3. The van der Waals surface area contributed by atoms with Gasteiger partial charge in [0.2, 0.25) is 8.32 Å². The van der Waals surface area contributed by atoms with Crippen molar-refractivity contribution in [3.8, 4) is 0 Å². The molecule has 0 aromatic carbocycles. The molecular weight excluding hydrogens is 362 g/mol. The Bertz CT molecular complexity index is 481. The molecule has 1 aliphatic heterocycles. The van der Waals surface area contributed by atoms with E-state index in [1.807, 2.05) is 0 Å². The fourth-order valence-electron chi connectivity index (χ4n) is 3.95. The maximum absolute atomic E-state index is 6.10. The Morgan fingerprint density at radius 2 is 1.81 bits per heavy atom. The number of likely N-dealkylation sites (tertiary alicyclic amines) is 1. The van der Waals surface area contributed by atoms with Gasteiger partial charge in [-0.2, -0.15) is 0 Å². The van der Waals surface area contributed by atoms with Gasteiger partial charge in [0.25, 0.3) is 0 Å². The molecular formula is C21H42ClNO2Si. The van der Waals surface area contributed by atoms with E-state index < -0.39 is 8.32 Å². The molecule has 0 saturated carbocycles. The molecule has 5 heteroatoms. The smallest absolute Gasteiger partial charge is 0.238 e. The molecule has 0 aromatic heterocycles. The van der Waals surface area contributed by atoms with E-state index in [2.05, 4.69) is 73.0 Å². The third-order valence-electron chi connectivity index (χ3n) is 6.51. The molecule has 1 aliphatic rings. The highest BCUT2D eigenvalue weighted by Gasteiger charge is 2.51. The van der Waals surface area contributed by atoms with Crippen molar-refractivity contribution in [3.63, 3.8) is 0 Å². The lowest BCUT2D eigenvalue weighted by atomic mass is 9.76. The van der Waals surface area contributed by atoms with Crippen molar-refractivity contribution in [1.82, 2.24) is 4.90 Å². The monoisotopic (exact) mass is 403 g/mol. The van der Waals surface area contributed by atoms with Gasteiger partial charge >= 0.3 is 0 Å². The quantitative estimate of drug-likeness (QED) is 0.154. The Morgan fingerprint density at radius 1 is 1.23 bits per heavy atom. The minimum atomic E-state index is -1.90. The van der Waals surface area contributed by atoms with Crippen molar-refractivity contribution in [2.45, 2.75) is 96.9 Å². The summed E-state index contributed by atoms with van der Waals surface area (Å²) >= 11 is 6.10. The zero-order valence-corrected chi connectivity index (χ0v) is 20.4. The SMILES string of the molecule is C=C(CCl)CC1(CC)C(COO[Si](C)(C)C(C)(C)C)CCN1C(C)(C)C. The van der Waals surface area contributed by atoms with Crippen LogP contribution in [-0.2, 0) is 9.46 Å². The summed E-state index contributed by atoms with van der Waals surface area (Å²) in [6.07, 6.45) is 3.12. The van der Waals surface area contributed by atoms with Gasteiger partial charge in [-0.05, 0) is 64.7 Å². The van der Waals surface area contributed by atoms with Gasteiger partial charge in [-0.25, -0.2) is 4.89 Å². The number of hydrogen-bond acceptors (Lipinski definition) is 3. The van der Waals surface area contributed by atoms with E-state index in [1.54, 1.807) is 0 Å². The molecule has 1 saturated heterocycles. The highest BCUT2D eigenvalue weighted by atomic mass is 35.5. The van der Waals surface area contributed by atoms with Crippen LogP contribution in [0.25, 0.3) is 0 Å². The summed E-state index contributed by atoms with van der Waals surface area (Å²) in [7, 11) is -1.90. The molecule has 0 aliphatic carbocycles. The Balaban J connectivity index is 2.96. The zero-order valence-electron chi connectivity index (χ0n) is 18.7. The lowest BCUT2D eigenvalue weighted by molar-refractivity contribution is -0.235. The van der Waals surface area contributed by atoms with Crippen LogP contribution in [-0.4, -0.2) is 43.3 Å². The predicted molar refractivity (Wildman–Crippen MR) is 116 cm³/mol. The summed E-state index contributed by atoms with van der Waals surface area (Å²) in [5.41, 5.74) is 1.26.